The molecule has 0 radical (unpaired) electrons. The van der Waals surface area contributed by atoms with E-state index >= 15 is 0 Å². The summed E-state index contributed by atoms with van der Waals surface area (Å²) in [4.78, 5) is 9.55. The number of hydrogen-bond donors (Lipinski definition) is 0. The van der Waals surface area contributed by atoms with E-state index in [0.717, 1.165) is 17.0 Å². The van der Waals surface area contributed by atoms with Crippen molar-refractivity contribution in [2.75, 3.05) is 0 Å². The molecule has 0 unspecified atom stereocenters. The summed E-state index contributed by atoms with van der Waals surface area (Å²) in [5.74, 6) is -2.22. The number of nitrogens with zero attached hydrogens (tertiary/aromatic N) is 2. The molecule has 0 aliphatic heterocycles. The monoisotopic (exact) mass is 470 g/mol. The molecule has 1 saturated carbocycles. The minimum atomic E-state index is -4.57. The van der Waals surface area contributed by atoms with E-state index < -0.39 is 28.8 Å². The van der Waals surface area contributed by atoms with Gasteiger partial charge in [-0.05, 0) is 48.8 Å². The van der Waals surface area contributed by atoms with Gasteiger partial charge in [-0.1, -0.05) is 33.3 Å². The van der Waals surface area contributed by atoms with E-state index in [1.807, 2.05) is 20.8 Å². The van der Waals surface area contributed by atoms with Gasteiger partial charge in [0.15, 0.2) is 11.6 Å². The van der Waals surface area contributed by atoms with Gasteiger partial charge >= 0.3 is 6.18 Å². The molecule has 0 saturated heterocycles. The van der Waals surface area contributed by atoms with Gasteiger partial charge in [0.2, 0.25) is 11.5 Å². The first kappa shape index (κ1) is 22.9. The van der Waals surface area contributed by atoms with Crippen molar-refractivity contribution in [3.63, 3.8) is 0 Å². The van der Waals surface area contributed by atoms with E-state index in [1.54, 1.807) is 0 Å². The van der Waals surface area contributed by atoms with Crippen molar-refractivity contribution in [2.24, 2.45) is 0 Å². The van der Waals surface area contributed by atoms with Crippen LogP contribution in [0.5, 0.6) is 5.88 Å². The summed E-state index contributed by atoms with van der Waals surface area (Å²) < 4.78 is 75.9. The highest BCUT2D eigenvalue weighted by molar-refractivity contribution is 7.19. The van der Waals surface area contributed by atoms with Crippen LogP contribution in [0.15, 0.2) is 24.5 Å². The maximum Gasteiger partial charge on any atom is 0.428 e. The Labute approximate surface area is 186 Å². The van der Waals surface area contributed by atoms with Gasteiger partial charge in [0, 0.05) is 10.4 Å². The van der Waals surface area contributed by atoms with Gasteiger partial charge < -0.3 is 4.74 Å². The third-order valence-corrected chi connectivity index (χ3v) is 7.34. The number of ether oxygens (including phenoxy) is 1. The normalized spacial score (nSPS) is 17.0. The van der Waals surface area contributed by atoms with Crippen LogP contribution in [-0.4, -0.2) is 21.7 Å². The average molecular weight is 471 g/mol. The van der Waals surface area contributed by atoms with Crippen molar-refractivity contribution in [3.8, 4) is 17.0 Å². The fourth-order valence-corrected chi connectivity index (χ4v) is 5.40. The molecule has 3 nitrogen and oxygen atoms in total. The summed E-state index contributed by atoms with van der Waals surface area (Å²) in [5.41, 5.74) is -1.96. The van der Waals surface area contributed by atoms with Crippen LogP contribution in [0.3, 0.4) is 0 Å². The predicted octanol–water partition coefficient (Wildman–Crippen LogP) is 7.58. The minimum absolute atomic E-state index is 0.154. The standard InChI is InChI=1S/C23H23F5N2OS/c1-21(2,3)18-16(13-7-8-14(24)15(25)11-13)17-19(29-12-30-20(17)32-18)31-22(23(26,27)28)9-5-4-6-10-22/h7-8,11-12H,4-6,9-10H2,1-3H3. The molecule has 0 atom stereocenters. The maximum absolute atomic E-state index is 14.1. The Bertz CT molecular complexity index is 1140. The highest BCUT2D eigenvalue weighted by atomic mass is 32.1. The molecule has 9 heteroatoms. The van der Waals surface area contributed by atoms with Gasteiger partial charge in [0.1, 0.15) is 11.2 Å². The van der Waals surface area contributed by atoms with E-state index in [2.05, 4.69) is 9.97 Å². The van der Waals surface area contributed by atoms with Gasteiger partial charge in [-0.2, -0.15) is 13.2 Å². The Balaban J connectivity index is 1.97. The third kappa shape index (κ3) is 3.95. The Morgan fingerprint density at radius 3 is 2.25 bits per heavy atom. The molecule has 3 aromatic rings. The molecule has 1 aliphatic rings. The number of aromatic nitrogens is 2. The largest absolute Gasteiger partial charge is 0.461 e. The van der Waals surface area contributed by atoms with Crippen molar-refractivity contribution in [3.05, 3.63) is 41.0 Å². The van der Waals surface area contributed by atoms with Crippen LogP contribution in [-0.2, 0) is 5.41 Å². The molecule has 1 aliphatic carbocycles. The molecular formula is C23H23F5N2OS. The van der Waals surface area contributed by atoms with Gasteiger partial charge in [-0.3, -0.25) is 0 Å². The maximum atomic E-state index is 14.1. The van der Waals surface area contributed by atoms with Crippen LogP contribution in [0.2, 0.25) is 0 Å². The summed E-state index contributed by atoms with van der Waals surface area (Å²) in [6.45, 7) is 5.81. The highest BCUT2D eigenvalue weighted by Crippen LogP contribution is 2.50. The second kappa shape index (κ2) is 7.93. The number of hydrogen-bond acceptors (Lipinski definition) is 4. The van der Waals surface area contributed by atoms with Crippen molar-refractivity contribution in [1.82, 2.24) is 9.97 Å². The van der Waals surface area contributed by atoms with Crippen LogP contribution in [0.1, 0.15) is 57.8 Å². The van der Waals surface area contributed by atoms with Crippen molar-refractivity contribution >= 4 is 21.6 Å². The summed E-state index contributed by atoms with van der Waals surface area (Å²) in [6, 6.07) is 3.46. The van der Waals surface area contributed by atoms with Gasteiger partial charge in [-0.25, -0.2) is 18.7 Å². The molecule has 0 N–H and O–H groups in total. The SMILES string of the molecule is CC(C)(C)c1sc2ncnc(OC3(C(F)(F)F)CCCCC3)c2c1-c1ccc(F)c(F)c1. The van der Waals surface area contributed by atoms with Crippen LogP contribution in [0, 0.1) is 11.6 Å². The number of rotatable bonds is 3. The van der Waals surface area contributed by atoms with Crippen LogP contribution in [0.25, 0.3) is 21.3 Å². The number of fused-ring (bicyclic) bond motifs is 1. The first-order chi connectivity index (χ1) is 14.9. The van der Waals surface area contributed by atoms with E-state index in [1.165, 1.54) is 23.7 Å². The fraction of sp³-hybridized carbons (Fsp3) is 0.478. The number of halogens is 5. The Kier molecular flexibility index (Phi) is 5.68. The fourth-order valence-electron chi connectivity index (χ4n) is 4.19. The molecule has 32 heavy (non-hydrogen) atoms. The topological polar surface area (TPSA) is 35.0 Å². The first-order valence-corrected chi connectivity index (χ1v) is 11.2. The number of benzene rings is 1. The van der Waals surface area contributed by atoms with E-state index in [0.29, 0.717) is 40.6 Å². The molecule has 0 spiro atoms. The molecule has 0 bridgehead atoms. The molecule has 172 valence electrons. The predicted molar refractivity (Wildman–Crippen MR) is 114 cm³/mol. The summed E-state index contributed by atoms with van der Waals surface area (Å²) in [5, 5.41) is 0.294. The lowest BCUT2D eigenvalue weighted by Gasteiger charge is -2.38. The Morgan fingerprint density at radius 1 is 0.969 bits per heavy atom. The molecule has 2 heterocycles. The molecule has 1 aromatic carbocycles. The lowest BCUT2D eigenvalue weighted by atomic mass is 9.84. The molecule has 4 rings (SSSR count). The molecular weight excluding hydrogens is 447 g/mol. The third-order valence-electron chi connectivity index (χ3n) is 5.81. The lowest BCUT2D eigenvalue weighted by molar-refractivity contribution is -0.258. The second-order valence-electron chi connectivity index (χ2n) is 9.20. The molecule has 0 amide bonds. The smallest absolute Gasteiger partial charge is 0.428 e. The van der Waals surface area contributed by atoms with Crippen LogP contribution < -0.4 is 4.74 Å². The molecule has 2 aromatic heterocycles. The van der Waals surface area contributed by atoms with E-state index in [4.69, 9.17) is 4.74 Å². The first-order valence-electron chi connectivity index (χ1n) is 10.4. The highest BCUT2D eigenvalue weighted by Gasteiger charge is 2.57. The van der Waals surface area contributed by atoms with Gasteiger partial charge in [-0.15, -0.1) is 11.3 Å². The number of thiophene rings is 1. The van der Waals surface area contributed by atoms with Gasteiger partial charge in [0.25, 0.3) is 0 Å². The Morgan fingerprint density at radius 2 is 1.66 bits per heavy atom. The van der Waals surface area contributed by atoms with Crippen molar-refractivity contribution in [2.45, 2.75) is 70.1 Å². The lowest BCUT2D eigenvalue weighted by Crippen LogP contribution is -2.51. The zero-order valence-electron chi connectivity index (χ0n) is 17.9. The summed E-state index contributed by atoms with van der Waals surface area (Å²) >= 11 is 1.29. The zero-order chi connectivity index (χ0) is 23.3. The minimum Gasteiger partial charge on any atom is -0.461 e. The number of alkyl halides is 3. The second-order valence-corrected chi connectivity index (χ2v) is 10.2. The average Bonchev–Trinajstić information content (AvgIpc) is 3.11. The van der Waals surface area contributed by atoms with Crippen molar-refractivity contribution in [1.29, 1.82) is 0 Å². The van der Waals surface area contributed by atoms with Crippen molar-refractivity contribution < 1.29 is 26.7 Å². The quantitative estimate of drug-likeness (QED) is 0.370. The van der Waals surface area contributed by atoms with Gasteiger partial charge in [0.05, 0.1) is 5.39 Å². The van der Waals surface area contributed by atoms with E-state index in [-0.39, 0.29) is 18.7 Å². The summed E-state index contributed by atoms with van der Waals surface area (Å²) in [6.07, 6.45) is -2.18. The summed E-state index contributed by atoms with van der Waals surface area (Å²) in [7, 11) is 0. The zero-order valence-corrected chi connectivity index (χ0v) is 18.8. The Hall–Kier alpha value is -2.29. The van der Waals surface area contributed by atoms with Crippen LogP contribution >= 0.6 is 11.3 Å². The molecule has 1 fully saturated rings. The van der Waals surface area contributed by atoms with E-state index in [9.17, 15) is 22.0 Å². The van der Waals surface area contributed by atoms with Crippen LogP contribution in [0.4, 0.5) is 22.0 Å².